The monoisotopic (exact) mass is 435 g/mol. The number of carbonyl (C=O) groups is 1. The van der Waals surface area contributed by atoms with Crippen molar-refractivity contribution in [2.75, 3.05) is 20.8 Å². The second-order valence-electron chi connectivity index (χ2n) is 8.14. The van der Waals surface area contributed by atoms with E-state index in [1.807, 2.05) is 32.0 Å². The van der Waals surface area contributed by atoms with E-state index in [0.29, 0.717) is 28.5 Å². The molecule has 1 aromatic carbocycles. The van der Waals surface area contributed by atoms with Gasteiger partial charge in [0.2, 0.25) is 0 Å². The van der Waals surface area contributed by atoms with Gasteiger partial charge in [-0.1, -0.05) is 6.07 Å². The first-order chi connectivity index (χ1) is 15.4. The molecular weight excluding hydrogens is 410 g/mol. The molecule has 0 atom stereocenters. The van der Waals surface area contributed by atoms with Crippen LogP contribution in [0.3, 0.4) is 0 Å². The van der Waals surface area contributed by atoms with E-state index in [4.69, 9.17) is 24.3 Å². The van der Waals surface area contributed by atoms with Gasteiger partial charge in [-0.3, -0.25) is 0 Å². The van der Waals surface area contributed by atoms with Gasteiger partial charge >= 0.3 is 6.09 Å². The Labute approximate surface area is 185 Å². The topological polar surface area (TPSA) is 111 Å². The maximum absolute atomic E-state index is 11.9. The van der Waals surface area contributed by atoms with Gasteiger partial charge in [-0.15, -0.1) is 5.10 Å². The van der Waals surface area contributed by atoms with Crippen molar-refractivity contribution in [3.05, 3.63) is 41.7 Å². The maximum atomic E-state index is 11.9. The van der Waals surface area contributed by atoms with E-state index in [1.54, 1.807) is 23.8 Å². The Kier molecular flexibility index (Phi) is 5.61. The third-order valence-electron chi connectivity index (χ3n) is 5.50. The van der Waals surface area contributed by atoms with Crippen molar-refractivity contribution in [1.29, 1.82) is 5.26 Å². The Morgan fingerprint density at radius 3 is 2.59 bits per heavy atom. The zero-order chi connectivity index (χ0) is 22.9. The largest absolute Gasteiger partial charge is 0.495 e. The number of amides is 1. The fourth-order valence-electron chi connectivity index (χ4n) is 3.55. The van der Waals surface area contributed by atoms with Gasteiger partial charge in [0.15, 0.2) is 17.2 Å². The Balaban J connectivity index is 1.72. The first-order valence-electron chi connectivity index (χ1n) is 10.4. The van der Waals surface area contributed by atoms with Crippen LogP contribution in [0.15, 0.2) is 30.3 Å². The highest BCUT2D eigenvalue weighted by atomic mass is 16.5. The molecule has 3 aromatic rings. The Morgan fingerprint density at radius 2 is 1.97 bits per heavy atom. The van der Waals surface area contributed by atoms with Crippen LogP contribution in [0.25, 0.3) is 16.9 Å². The van der Waals surface area contributed by atoms with E-state index in [2.05, 4.69) is 11.4 Å². The minimum absolute atomic E-state index is 0.00204. The van der Waals surface area contributed by atoms with Crippen LogP contribution in [0.4, 0.5) is 4.79 Å². The van der Waals surface area contributed by atoms with Crippen LogP contribution in [-0.2, 0) is 10.2 Å². The van der Waals surface area contributed by atoms with Crippen LogP contribution < -0.4 is 14.8 Å². The highest BCUT2D eigenvalue weighted by Gasteiger charge is 2.49. The average molecular weight is 435 g/mol. The smallest absolute Gasteiger partial charge is 0.407 e. The molecule has 9 heteroatoms. The molecule has 0 radical (unpaired) electrons. The molecule has 1 amide bonds. The normalized spacial score (nSPS) is 14.1. The van der Waals surface area contributed by atoms with Crippen molar-refractivity contribution in [2.24, 2.45) is 0 Å². The summed E-state index contributed by atoms with van der Waals surface area (Å²) >= 11 is 0. The van der Waals surface area contributed by atoms with Crippen LogP contribution in [0.5, 0.6) is 11.5 Å². The van der Waals surface area contributed by atoms with E-state index in [-0.39, 0.29) is 12.6 Å². The lowest BCUT2D eigenvalue weighted by Crippen LogP contribution is -2.33. The lowest BCUT2D eigenvalue weighted by atomic mass is 10.1. The molecule has 0 bridgehead atoms. The second kappa shape index (κ2) is 8.38. The minimum Gasteiger partial charge on any atom is -0.495 e. The first kappa shape index (κ1) is 21.4. The van der Waals surface area contributed by atoms with Crippen LogP contribution in [0.2, 0.25) is 0 Å². The number of carbonyl (C=O) groups excluding carboxylic acids is 1. The first-order valence-corrected chi connectivity index (χ1v) is 10.4. The third kappa shape index (κ3) is 3.91. The van der Waals surface area contributed by atoms with Crippen LogP contribution >= 0.6 is 0 Å². The number of hydrogen-bond acceptors (Lipinski definition) is 7. The predicted molar refractivity (Wildman–Crippen MR) is 117 cm³/mol. The molecule has 1 fully saturated rings. The van der Waals surface area contributed by atoms with Crippen molar-refractivity contribution < 1.29 is 19.0 Å². The summed E-state index contributed by atoms with van der Waals surface area (Å²) in [5.74, 6) is 1.68. The van der Waals surface area contributed by atoms with E-state index in [0.717, 1.165) is 24.1 Å². The Morgan fingerprint density at radius 1 is 1.22 bits per heavy atom. The zero-order valence-electron chi connectivity index (χ0n) is 18.5. The van der Waals surface area contributed by atoms with E-state index in [1.165, 1.54) is 7.11 Å². The summed E-state index contributed by atoms with van der Waals surface area (Å²) in [6.45, 7) is 3.97. The molecule has 4 rings (SSSR count). The molecule has 0 saturated heterocycles. The lowest BCUT2D eigenvalue weighted by molar-refractivity contribution is 0.131. The van der Waals surface area contributed by atoms with Gasteiger partial charge in [0.25, 0.3) is 0 Å². The maximum Gasteiger partial charge on any atom is 0.407 e. The summed E-state index contributed by atoms with van der Waals surface area (Å²) in [6, 6.07) is 11.2. The van der Waals surface area contributed by atoms with E-state index >= 15 is 0 Å². The SMILES string of the molecule is COc1cc(-c2ccc(OC)c3nc(C4(COC(=O)NC(C)C)CC4)nn23)ccc1C#N. The molecule has 0 unspecified atom stereocenters. The summed E-state index contributed by atoms with van der Waals surface area (Å²) in [4.78, 5) is 16.7. The molecule has 2 heterocycles. The third-order valence-corrected chi connectivity index (χ3v) is 5.50. The summed E-state index contributed by atoms with van der Waals surface area (Å²) < 4.78 is 18.0. The summed E-state index contributed by atoms with van der Waals surface area (Å²) in [6.07, 6.45) is 1.22. The number of rotatable bonds is 7. The van der Waals surface area contributed by atoms with Crippen LogP contribution in [0, 0.1) is 11.3 Å². The molecule has 9 nitrogen and oxygen atoms in total. The molecule has 32 heavy (non-hydrogen) atoms. The average Bonchev–Trinajstić information content (AvgIpc) is 3.45. The van der Waals surface area contributed by atoms with Crippen LogP contribution in [0.1, 0.15) is 38.1 Å². The second-order valence-corrected chi connectivity index (χ2v) is 8.14. The molecule has 1 aliphatic carbocycles. The Hall–Kier alpha value is -3.80. The standard InChI is InChI=1S/C23H25N5O4/c1-14(2)25-22(29)32-13-23(9-10-23)21-26-20-18(30-3)8-7-17(28(20)27-21)15-5-6-16(12-24)19(11-15)31-4/h5-8,11,14H,9-10,13H2,1-4H3,(H,25,29). The van der Waals surface area contributed by atoms with Crippen molar-refractivity contribution in [3.63, 3.8) is 0 Å². The number of nitriles is 1. The lowest BCUT2D eigenvalue weighted by Gasteiger charge is -2.13. The van der Waals surface area contributed by atoms with Gasteiger partial charge in [-0.25, -0.2) is 14.3 Å². The summed E-state index contributed by atoms with van der Waals surface area (Å²) in [5.41, 5.74) is 2.22. The quantitative estimate of drug-likeness (QED) is 0.605. The number of hydrogen-bond donors (Lipinski definition) is 1. The van der Waals surface area contributed by atoms with Crippen molar-refractivity contribution in [1.82, 2.24) is 19.9 Å². The number of aromatic nitrogens is 3. The predicted octanol–water partition coefficient (Wildman–Crippen LogP) is 3.45. The number of fused-ring (bicyclic) bond motifs is 1. The van der Waals surface area contributed by atoms with E-state index < -0.39 is 11.5 Å². The number of nitrogens with one attached hydrogen (secondary N) is 1. The molecule has 166 valence electrons. The number of alkyl carbamates (subject to hydrolysis) is 1. The van der Waals surface area contributed by atoms with Gasteiger partial charge in [0.1, 0.15) is 18.4 Å². The van der Waals surface area contributed by atoms with Crippen molar-refractivity contribution >= 4 is 11.7 Å². The number of benzene rings is 1. The highest BCUT2D eigenvalue weighted by molar-refractivity contribution is 5.70. The van der Waals surface area contributed by atoms with Crippen LogP contribution in [-0.4, -0.2) is 47.6 Å². The zero-order valence-corrected chi connectivity index (χ0v) is 18.5. The highest BCUT2D eigenvalue weighted by Crippen LogP contribution is 2.47. The number of methoxy groups -OCH3 is 2. The molecule has 2 aromatic heterocycles. The number of nitrogens with zero attached hydrogens (tertiary/aromatic N) is 4. The van der Waals surface area contributed by atoms with Gasteiger partial charge in [-0.2, -0.15) is 5.26 Å². The molecule has 1 N–H and O–H groups in total. The van der Waals surface area contributed by atoms with Crippen molar-refractivity contribution in [2.45, 2.75) is 38.1 Å². The summed E-state index contributed by atoms with van der Waals surface area (Å²) in [5, 5.41) is 16.8. The van der Waals surface area contributed by atoms with Gasteiger partial charge < -0.3 is 19.5 Å². The molecule has 1 aliphatic rings. The fourth-order valence-corrected chi connectivity index (χ4v) is 3.55. The fraction of sp³-hybridized carbons (Fsp3) is 0.391. The van der Waals surface area contributed by atoms with Gasteiger partial charge in [0, 0.05) is 11.6 Å². The molecular formula is C23H25N5O4. The number of pyridine rings is 1. The molecule has 1 saturated carbocycles. The molecule has 0 spiro atoms. The minimum atomic E-state index is -0.446. The Bertz CT molecular complexity index is 1210. The summed E-state index contributed by atoms with van der Waals surface area (Å²) in [7, 11) is 3.11. The number of ether oxygens (including phenoxy) is 3. The molecule has 0 aliphatic heterocycles. The van der Waals surface area contributed by atoms with Gasteiger partial charge in [0.05, 0.1) is 30.9 Å². The van der Waals surface area contributed by atoms with Crippen molar-refractivity contribution in [3.8, 4) is 28.8 Å². The van der Waals surface area contributed by atoms with E-state index in [9.17, 15) is 10.1 Å². The van der Waals surface area contributed by atoms with Gasteiger partial charge in [-0.05, 0) is 51.0 Å².